The third kappa shape index (κ3) is 2.36. The van der Waals surface area contributed by atoms with Gasteiger partial charge in [0.05, 0.1) is 12.6 Å². The number of aliphatic carboxylic acids is 1. The van der Waals surface area contributed by atoms with Crippen LogP contribution in [-0.2, 0) is 11.3 Å². The van der Waals surface area contributed by atoms with Crippen LogP contribution in [0.3, 0.4) is 0 Å². The van der Waals surface area contributed by atoms with E-state index in [0.29, 0.717) is 5.69 Å². The molecule has 2 N–H and O–H groups in total. The molecule has 0 amide bonds. The zero-order valence-electron chi connectivity index (χ0n) is 8.70. The summed E-state index contributed by atoms with van der Waals surface area (Å²) in [5.41, 5.74) is -0.0526. The number of aromatic nitrogens is 5. The first kappa shape index (κ1) is 11.0. The molecule has 0 radical (unpaired) electrons. The van der Waals surface area contributed by atoms with Crippen LogP contribution < -0.4 is 5.69 Å². The van der Waals surface area contributed by atoms with Crippen molar-refractivity contribution in [3.05, 3.63) is 29.1 Å². The van der Waals surface area contributed by atoms with E-state index < -0.39 is 11.7 Å². The second kappa shape index (κ2) is 4.56. The summed E-state index contributed by atoms with van der Waals surface area (Å²) >= 11 is 0. The van der Waals surface area contributed by atoms with E-state index in [1.165, 1.54) is 23.2 Å². The normalized spacial score (nSPS) is 10.4. The van der Waals surface area contributed by atoms with Gasteiger partial charge in [-0.25, -0.2) is 14.9 Å². The Morgan fingerprint density at radius 2 is 2.29 bits per heavy atom. The second-order valence-corrected chi connectivity index (χ2v) is 3.24. The minimum Gasteiger partial charge on any atom is -0.481 e. The SMILES string of the molecule is O=C(O)CCn1c(-c2cnccn2)n[nH]c1=O. The maximum Gasteiger partial charge on any atom is 0.343 e. The molecule has 0 aliphatic heterocycles. The summed E-state index contributed by atoms with van der Waals surface area (Å²) < 4.78 is 1.22. The van der Waals surface area contributed by atoms with E-state index in [1.54, 1.807) is 0 Å². The molecule has 0 fully saturated rings. The van der Waals surface area contributed by atoms with Gasteiger partial charge in [0.15, 0.2) is 5.82 Å². The molecular weight excluding hydrogens is 226 g/mol. The van der Waals surface area contributed by atoms with Crippen LogP contribution in [0.2, 0.25) is 0 Å². The number of hydrogen-bond acceptors (Lipinski definition) is 5. The van der Waals surface area contributed by atoms with Gasteiger partial charge in [-0.1, -0.05) is 0 Å². The third-order valence-corrected chi connectivity index (χ3v) is 2.10. The molecule has 2 rings (SSSR count). The molecule has 0 unspecified atom stereocenters. The molecule has 0 spiro atoms. The monoisotopic (exact) mass is 235 g/mol. The lowest BCUT2D eigenvalue weighted by atomic mass is 10.4. The Bertz CT molecular complexity index is 574. The fraction of sp³-hybridized carbons (Fsp3) is 0.222. The van der Waals surface area contributed by atoms with E-state index in [2.05, 4.69) is 20.2 Å². The lowest BCUT2D eigenvalue weighted by Gasteiger charge is -2.02. The predicted molar refractivity (Wildman–Crippen MR) is 56.1 cm³/mol. The number of hydrogen-bond donors (Lipinski definition) is 2. The van der Waals surface area contributed by atoms with Gasteiger partial charge < -0.3 is 5.11 Å². The van der Waals surface area contributed by atoms with Crippen molar-refractivity contribution in [2.45, 2.75) is 13.0 Å². The summed E-state index contributed by atoms with van der Waals surface area (Å²) in [7, 11) is 0. The smallest absolute Gasteiger partial charge is 0.343 e. The Morgan fingerprint density at radius 3 is 2.94 bits per heavy atom. The van der Waals surface area contributed by atoms with E-state index >= 15 is 0 Å². The quantitative estimate of drug-likeness (QED) is 0.738. The van der Waals surface area contributed by atoms with Gasteiger partial charge in [0.2, 0.25) is 0 Å². The van der Waals surface area contributed by atoms with E-state index in [-0.39, 0.29) is 18.8 Å². The molecule has 8 heteroatoms. The molecule has 8 nitrogen and oxygen atoms in total. The molecule has 17 heavy (non-hydrogen) atoms. The highest BCUT2D eigenvalue weighted by molar-refractivity contribution is 5.66. The molecule has 0 aliphatic carbocycles. The Kier molecular flexibility index (Phi) is 2.95. The molecule has 0 atom stereocenters. The number of H-pyrrole nitrogens is 1. The maximum atomic E-state index is 11.4. The lowest BCUT2D eigenvalue weighted by Crippen LogP contribution is -2.19. The standard InChI is InChI=1S/C9H9N5O3/c15-7(16)1-4-14-8(12-13-9(14)17)6-5-10-2-3-11-6/h2-3,5H,1,4H2,(H,13,17)(H,15,16). The Labute approximate surface area is 95.0 Å². The van der Waals surface area contributed by atoms with Gasteiger partial charge in [-0.15, -0.1) is 0 Å². The van der Waals surface area contributed by atoms with Gasteiger partial charge in [-0.2, -0.15) is 5.10 Å². The summed E-state index contributed by atoms with van der Waals surface area (Å²) in [4.78, 5) is 29.8. The molecule has 0 saturated carbocycles. The zero-order chi connectivity index (χ0) is 12.3. The van der Waals surface area contributed by atoms with E-state index in [4.69, 9.17) is 5.11 Å². The number of aromatic amines is 1. The van der Waals surface area contributed by atoms with Crippen molar-refractivity contribution in [2.24, 2.45) is 0 Å². The summed E-state index contributed by atoms with van der Waals surface area (Å²) in [5, 5.41) is 14.6. The van der Waals surface area contributed by atoms with E-state index in [9.17, 15) is 9.59 Å². The van der Waals surface area contributed by atoms with Crippen molar-refractivity contribution in [2.75, 3.05) is 0 Å². The van der Waals surface area contributed by atoms with Gasteiger partial charge in [0.1, 0.15) is 5.69 Å². The Balaban J connectivity index is 2.36. The van der Waals surface area contributed by atoms with Crippen LogP contribution in [0, 0.1) is 0 Å². The number of carboxylic acid groups (broad SMARTS) is 1. The molecule has 0 aromatic carbocycles. The summed E-state index contributed by atoms with van der Waals surface area (Å²) in [5.74, 6) is -0.701. The topological polar surface area (TPSA) is 114 Å². The van der Waals surface area contributed by atoms with E-state index in [1.807, 2.05) is 0 Å². The third-order valence-electron chi connectivity index (χ3n) is 2.10. The molecule has 0 bridgehead atoms. The fourth-order valence-electron chi connectivity index (χ4n) is 1.34. The van der Waals surface area contributed by atoms with Gasteiger partial charge in [-0.05, 0) is 0 Å². The first-order valence-corrected chi connectivity index (χ1v) is 4.82. The molecule has 88 valence electrons. The van der Waals surface area contributed by atoms with Crippen LogP contribution in [0.15, 0.2) is 23.4 Å². The van der Waals surface area contributed by atoms with Crippen molar-refractivity contribution in [3.63, 3.8) is 0 Å². The summed E-state index contributed by atoms with van der Waals surface area (Å²) in [6, 6.07) is 0. The molecular formula is C9H9N5O3. The van der Waals surface area contributed by atoms with Gasteiger partial charge in [0, 0.05) is 18.9 Å². The van der Waals surface area contributed by atoms with Crippen LogP contribution in [-0.4, -0.2) is 35.8 Å². The summed E-state index contributed by atoms with van der Waals surface area (Å²) in [6.07, 6.45) is 4.26. The van der Waals surface area contributed by atoms with Gasteiger partial charge in [0.25, 0.3) is 0 Å². The molecule has 0 saturated heterocycles. The lowest BCUT2D eigenvalue weighted by molar-refractivity contribution is -0.137. The number of nitrogens with zero attached hydrogens (tertiary/aromatic N) is 4. The number of carboxylic acids is 1. The van der Waals surface area contributed by atoms with Gasteiger partial charge in [-0.3, -0.25) is 14.3 Å². The second-order valence-electron chi connectivity index (χ2n) is 3.24. The van der Waals surface area contributed by atoms with Crippen LogP contribution in [0.25, 0.3) is 11.5 Å². The minimum absolute atomic E-state index is 0.0383. The predicted octanol–water partition coefficient (Wildman–Crippen LogP) is -0.497. The van der Waals surface area contributed by atoms with Crippen LogP contribution in [0.5, 0.6) is 0 Å². The highest BCUT2D eigenvalue weighted by Gasteiger charge is 2.12. The van der Waals surface area contributed by atoms with Crippen molar-refractivity contribution >= 4 is 5.97 Å². The Hall–Kier alpha value is -2.51. The number of nitrogens with one attached hydrogen (secondary N) is 1. The fourth-order valence-corrected chi connectivity index (χ4v) is 1.34. The largest absolute Gasteiger partial charge is 0.481 e. The van der Waals surface area contributed by atoms with Crippen molar-refractivity contribution < 1.29 is 9.90 Å². The maximum absolute atomic E-state index is 11.4. The van der Waals surface area contributed by atoms with E-state index in [0.717, 1.165) is 0 Å². The Morgan fingerprint density at radius 1 is 1.47 bits per heavy atom. The first-order chi connectivity index (χ1) is 8.18. The summed E-state index contributed by atoms with van der Waals surface area (Å²) in [6.45, 7) is 0.0383. The minimum atomic E-state index is -0.983. The highest BCUT2D eigenvalue weighted by Crippen LogP contribution is 2.09. The van der Waals surface area contributed by atoms with Crippen LogP contribution in [0.4, 0.5) is 0 Å². The van der Waals surface area contributed by atoms with Crippen molar-refractivity contribution in [1.29, 1.82) is 0 Å². The molecule has 0 aliphatic rings. The average molecular weight is 235 g/mol. The first-order valence-electron chi connectivity index (χ1n) is 4.82. The number of carbonyl (C=O) groups is 1. The number of rotatable bonds is 4. The van der Waals surface area contributed by atoms with Gasteiger partial charge >= 0.3 is 11.7 Å². The van der Waals surface area contributed by atoms with Crippen molar-refractivity contribution in [3.8, 4) is 11.5 Å². The van der Waals surface area contributed by atoms with Crippen molar-refractivity contribution in [1.82, 2.24) is 24.7 Å². The molecule has 2 aromatic heterocycles. The van der Waals surface area contributed by atoms with Crippen LogP contribution >= 0.6 is 0 Å². The molecule has 2 heterocycles. The zero-order valence-corrected chi connectivity index (χ0v) is 8.70. The molecule has 2 aromatic rings. The highest BCUT2D eigenvalue weighted by atomic mass is 16.4. The average Bonchev–Trinajstić information content (AvgIpc) is 2.69. The van der Waals surface area contributed by atoms with Crippen LogP contribution in [0.1, 0.15) is 6.42 Å².